The van der Waals surface area contributed by atoms with E-state index >= 15 is 0 Å². The van der Waals surface area contributed by atoms with Gasteiger partial charge >= 0.3 is 0 Å². The fourth-order valence-corrected chi connectivity index (χ4v) is 2.81. The highest BCUT2D eigenvalue weighted by Gasteiger charge is 2.19. The molecule has 0 fully saturated rings. The molecule has 0 aliphatic rings. The predicted octanol–water partition coefficient (Wildman–Crippen LogP) is 1.33. The van der Waals surface area contributed by atoms with Crippen molar-refractivity contribution >= 4 is 10.2 Å². The molecule has 0 saturated carbocycles. The van der Waals surface area contributed by atoms with Gasteiger partial charge in [-0.2, -0.15) is 17.4 Å². The quantitative estimate of drug-likeness (QED) is 0.561. The monoisotopic (exact) mass is 279 g/mol. The van der Waals surface area contributed by atoms with Gasteiger partial charge in [0.05, 0.1) is 0 Å². The van der Waals surface area contributed by atoms with Gasteiger partial charge in [-0.1, -0.05) is 26.7 Å². The van der Waals surface area contributed by atoms with Gasteiger partial charge < -0.3 is 5.32 Å². The van der Waals surface area contributed by atoms with Crippen LogP contribution < -0.4 is 10.0 Å². The molecule has 0 spiro atoms. The van der Waals surface area contributed by atoms with Crippen molar-refractivity contribution in [2.75, 3.05) is 26.7 Å². The molecule has 0 heterocycles. The molecule has 0 aromatic heterocycles. The van der Waals surface area contributed by atoms with Crippen LogP contribution in [0.1, 0.15) is 46.5 Å². The molecule has 1 atom stereocenters. The van der Waals surface area contributed by atoms with Gasteiger partial charge in [-0.3, -0.25) is 0 Å². The molecular formula is C12H29N3O2S. The number of hydrogen-bond donors (Lipinski definition) is 2. The maximum Gasteiger partial charge on any atom is 0.279 e. The lowest BCUT2D eigenvalue weighted by atomic mass is 10.2. The summed E-state index contributed by atoms with van der Waals surface area (Å²) in [5.41, 5.74) is 0. The van der Waals surface area contributed by atoms with E-state index in [2.05, 4.69) is 17.0 Å². The minimum Gasteiger partial charge on any atom is -0.317 e. The number of rotatable bonds is 11. The minimum absolute atomic E-state index is 0.00571. The Morgan fingerprint density at radius 2 is 1.89 bits per heavy atom. The van der Waals surface area contributed by atoms with Gasteiger partial charge in [0.2, 0.25) is 0 Å². The largest absolute Gasteiger partial charge is 0.317 e. The molecule has 0 aliphatic carbocycles. The highest BCUT2D eigenvalue weighted by atomic mass is 32.2. The molecular weight excluding hydrogens is 250 g/mol. The summed E-state index contributed by atoms with van der Waals surface area (Å²) in [5.74, 6) is 0. The fraction of sp³-hybridized carbons (Fsp3) is 1.00. The van der Waals surface area contributed by atoms with Crippen molar-refractivity contribution in [2.24, 2.45) is 0 Å². The fourth-order valence-electron chi connectivity index (χ4n) is 1.64. The zero-order valence-electron chi connectivity index (χ0n) is 12.2. The second kappa shape index (κ2) is 9.72. The van der Waals surface area contributed by atoms with Crippen LogP contribution in [0.3, 0.4) is 0 Å². The van der Waals surface area contributed by atoms with Gasteiger partial charge in [-0.15, -0.1) is 0 Å². The van der Waals surface area contributed by atoms with Gasteiger partial charge in [-0.05, 0) is 32.9 Å². The van der Waals surface area contributed by atoms with E-state index in [1.54, 1.807) is 7.05 Å². The third kappa shape index (κ3) is 8.02. The van der Waals surface area contributed by atoms with E-state index in [-0.39, 0.29) is 6.04 Å². The van der Waals surface area contributed by atoms with Crippen LogP contribution in [0.2, 0.25) is 0 Å². The molecule has 0 aromatic carbocycles. The van der Waals surface area contributed by atoms with Crippen molar-refractivity contribution in [3.05, 3.63) is 0 Å². The lowest BCUT2D eigenvalue weighted by Gasteiger charge is -2.21. The first-order chi connectivity index (χ1) is 8.44. The van der Waals surface area contributed by atoms with Crippen LogP contribution in [0.25, 0.3) is 0 Å². The van der Waals surface area contributed by atoms with Crippen molar-refractivity contribution in [2.45, 2.75) is 52.5 Å². The van der Waals surface area contributed by atoms with Gasteiger partial charge in [-0.25, -0.2) is 0 Å². The number of nitrogens with one attached hydrogen (secondary N) is 2. The lowest BCUT2D eigenvalue weighted by molar-refractivity contribution is 0.433. The summed E-state index contributed by atoms with van der Waals surface area (Å²) >= 11 is 0. The zero-order valence-corrected chi connectivity index (χ0v) is 13.0. The zero-order chi connectivity index (χ0) is 14.0. The Morgan fingerprint density at radius 1 is 1.22 bits per heavy atom. The van der Waals surface area contributed by atoms with Crippen LogP contribution in [0.15, 0.2) is 0 Å². The maximum atomic E-state index is 12.0. The average molecular weight is 279 g/mol. The number of unbranched alkanes of at least 4 members (excludes halogenated alkanes) is 1. The Morgan fingerprint density at radius 3 is 2.44 bits per heavy atom. The van der Waals surface area contributed by atoms with Crippen molar-refractivity contribution in [3.63, 3.8) is 0 Å². The molecule has 0 radical (unpaired) electrons. The summed E-state index contributed by atoms with van der Waals surface area (Å²) in [5, 5.41) is 3.18. The summed E-state index contributed by atoms with van der Waals surface area (Å²) in [6.45, 7) is 8.37. The van der Waals surface area contributed by atoms with Crippen molar-refractivity contribution < 1.29 is 8.42 Å². The third-order valence-corrected chi connectivity index (χ3v) is 4.53. The summed E-state index contributed by atoms with van der Waals surface area (Å²) in [6.07, 6.45) is 3.86. The average Bonchev–Trinajstić information content (AvgIpc) is 2.31. The maximum absolute atomic E-state index is 12.0. The molecule has 0 saturated heterocycles. The van der Waals surface area contributed by atoms with E-state index in [1.807, 2.05) is 13.8 Å². The van der Waals surface area contributed by atoms with Crippen molar-refractivity contribution in [1.29, 1.82) is 0 Å². The molecule has 5 nitrogen and oxygen atoms in total. The second-order valence-electron chi connectivity index (χ2n) is 4.69. The second-order valence-corrected chi connectivity index (χ2v) is 6.50. The molecule has 0 rings (SSSR count). The van der Waals surface area contributed by atoms with E-state index < -0.39 is 10.2 Å². The summed E-state index contributed by atoms with van der Waals surface area (Å²) in [7, 11) is -1.70. The first-order valence-corrected chi connectivity index (χ1v) is 8.32. The lowest BCUT2D eigenvalue weighted by Crippen LogP contribution is -2.43. The summed E-state index contributed by atoms with van der Waals surface area (Å²) in [4.78, 5) is 0. The van der Waals surface area contributed by atoms with E-state index in [0.29, 0.717) is 6.54 Å². The molecule has 18 heavy (non-hydrogen) atoms. The van der Waals surface area contributed by atoms with E-state index in [4.69, 9.17) is 0 Å². The Bertz CT molecular complexity index is 294. The molecule has 6 heteroatoms. The molecule has 1 unspecified atom stereocenters. The van der Waals surface area contributed by atoms with Crippen molar-refractivity contribution in [3.8, 4) is 0 Å². The first kappa shape index (κ1) is 17.8. The third-order valence-electron chi connectivity index (χ3n) is 2.83. The van der Waals surface area contributed by atoms with E-state index in [1.165, 1.54) is 4.31 Å². The standard InChI is InChI=1S/C12H29N3O2S/c1-5-7-9-12(3)14-18(16,17)15(4)11-8-10-13-6-2/h12-14H,5-11H2,1-4H3. The van der Waals surface area contributed by atoms with Gasteiger partial charge in [0.1, 0.15) is 0 Å². The van der Waals surface area contributed by atoms with Crippen molar-refractivity contribution in [1.82, 2.24) is 14.3 Å². The van der Waals surface area contributed by atoms with Crippen LogP contribution in [0, 0.1) is 0 Å². The molecule has 110 valence electrons. The highest BCUT2D eigenvalue weighted by Crippen LogP contribution is 2.03. The number of hydrogen-bond acceptors (Lipinski definition) is 3. The molecule has 0 bridgehead atoms. The van der Waals surface area contributed by atoms with Gasteiger partial charge in [0.25, 0.3) is 10.2 Å². The first-order valence-electron chi connectivity index (χ1n) is 6.88. The summed E-state index contributed by atoms with van der Waals surface area (Å²) in [6, 6.07) is 0.00571. The molecule has 0 aliphatic heterocycles. The SMILES string of the molecule is CCCCC(C)NS(=O)(=O)N(C)CCCNCC. The van der Waals surface area contributed by atoms with Crippen LogP contribution in [0.5, 0.6) is 0 Å². The van der Waals surface area contributed by atoms with Gasteiger partial charge in [0, 0.05) is 19.6 Å². The summed E-state index contributed by atoms with van der Waals surface area (Å²) < 4.78 is 28.0. The number of nitrogens with zero attached hydrogens (tertiary/aromatic N) is 1. The predicted molar refractivity (Wildman–Crippen MR) is 76.8 cm³/mol. The smallest absolute Gasteiger partial charge is 0.279 e. The van der Waals surface area contributed by atoms with Crippen LogP contribution in [-0.4, -0.2) is 45.4 Å². The Labute approximate surface area is 113 Å². The van der Waals surface area contributed by atoms with E-state index in [9.17, 15) is 8.42 Å². The van der Waals surface area contributed by atoms with Crippen LogP contribution >= 0.6 is 0 Å². The molecule has 0 amide bonds. The highest BCUT2D eigenvalue weighted by molar-refractivity contribution is 7.87. The molecule has 2 N–H and O–H groups in total. The molecule has 0 aromatic rings. The van der Waals surface area contributed by atoms with Gasteiger partial charge in [0.15, 0.2) is 0 Å². The van der Waals surface area contributed by atoms with E-state index in [0.717, 1.165) is 38.8 Å². The van der Waals surface area contributed by atoms with Crippen LogP contribution in [-0.2, 0) is 10.2 Å². The minimum atomic E-state index is -3.32. The van der Waals surface area contributed by atoms with Crippen LogP contribution in [0.4, 0.5) is 0 Å². The normalized spacial score (nSPS) is 14.1. The Kier molecular flexibility index (Phi) is 9.63. The Hall–Kier alpha value is -0.170. The Balaban J connectivity index is 4.02. The topological polar surface area (TPSA) is 61.4 Å².